The van der Waals surface area contributed by atoms with E-state index < -0.39 is 0 Å². The number of rotatable bonds is 13. The number of hydrogen-bond donors (Lipinski definition) is 1. The van der Waals surface area contributed by atoms with Crippen LogP contribution in [0.5, 0.6) is 0 Å². The highest BCUT2D eigenvalue weighted by Crippen LogP contribution is 2.15. The Morgan fingerprint density at radius 2 is 1.44 bits per heavy atom. The molecule has 1 aromatic carbocycles. The topological polar surface area (TPSA) is 32.3 Å². The van der Waals surface area contributed by atoms with Gasteiger partial charge >= 0.3 is 0 Å². The van der Waals surface area contributed by atoms with Gasteiger partial charge in [-0.25, -0.2) is 0 Å². The van der Waals surface area contributed by atoms with Crippen LogP contribution < -0.4 is 5.32 Å². The van der Waals surface area contributed by atoms with Crippen molar-refractivity contribution in [3.8, 4) is 0 Å². The summed E-state index contributed by atoms with van der Waals surface area (Å²) < 4.78 is 0. The SMILES string of the molecule is CC(C)=CCCC(C)=CCCC(C)=Cc1ccc(C(=O)NCCN(C(C)C)C(C)C)cc1. The molecule has 0 fully saturated rings. The number of nitrogens with zero attached hydrogens (tertiary/aromatic N) is 1. The Hall–Kier alpha value is -2.13. The summed E-state index contributed by atoms with van der Waals surface area (Å²) in [6, 6.07) is 8.86. The van der Waals surface area contributed by atoms with Gasteiger partial charge in [-0.1, -0.05) is 47.1 Å². The number of nitrogens with one attached hydrogen (secondary N) is 1. The van der Waals surface area contributed by atoms with E-state index in [9.17, 15) is 4.79 Å². The average Bonchev–Trinajstić information content (AvgIpc) is 2.70. The molecule has 0 unspecified atom stereocenters. The van der Waals surface area contributed by atoms with Crippen molar-refractivity contribution in [3.63, 3.8) is 0 Å². The molecule has 1 N–H and O–H groups in total. The van der Waals surface area contributed by atoms with Gasteiger partial charge in [0, 0.05) is 30.7 Å². The molecule has 1 aromatic rings. The fourth-order valence-electron chi connectivity index (χ4n) is 3.84. The predicted molar refractivity (Wildman–Crippen MR) is 141 cm³/mol. The summed E-state index contributed by atoms with van der Waals surface area (Å²) in [5, 5.41) is 3.05. The number of allylic oxidation sites excluding steroid dienone is 5. The first-order valence-electron chi connectivity index (χ1n) is 12.2. The fraction of sp³-hybridized carbons (Fsp3) is 0.552. The Morgan fingerprint density at radius 1 is 0.875 bits per heavy atom. The summed E-state index contributed by atoms with van der Waals surface area (Å²) in [5.74, 6) is -0.00145. The van der Waals surface area contributed by atoms with Crippen LogP contribution in [-0.2, 0) is 0 Å². The van der Waals surface area contributed by atoms with E-state index in [-0.39, 0.29) is 5.91 Å². The maximum Gasteiger partial charge on any atom is 0.251 e. The second kappa shape index (κ2) is 14.8. The molecule has 0 atom stereocenters. The molecule has 0 saturated carbocycles. The molecule has 0 bridgehead atoms. The van der Waals surface area contributed by atoms with Crippen LogP contribution in [0.15, 0.2) is 53.1 Å². The molecular formula is C29H46N2O. The van der Waals surface area contributed by atoms with Crippen molar-refractivity contribution >= 4 is 12.0 Å². The smallest absolute Gasteiger partial charge is 0.251 e. The molecule has 32 heavy (non-hydrogen) atoms. The summed E-state index contributed by atoms with van der Waals surface area (Å²) in [6.45, 7) is 19.0. The number of hydrogen-bond acceptors (Lipinski definition) is 2. The molecule has 0 saturated heterocycles. The van der Waals surface area contributed by atoms with Crippen molar-refractivity contribution in [1.82, 2.24) is 10.2 Å². The van der Waals surface area contributed by atoms with Gasteiger partial charge in [0.1, 0.15) is 0 Å². The maximum atomic E-state index is 12.5. The first-order valence-corrected chi connectivity index (χ1v) is 12.2. The molecule has 0 aliphatic rings. The molecule has 0 spiro atoms. The van der Waals surface area contributed by atoms with Crippen molar-refractivity contribution in [2.45, 2.75) is 93.2 Å². The van der Waals surface area contributed by atoms with E-state index in [1.807, 2.05) is 24.3 Å². The highest BCUT2D eigenvalue weighted by molar-refractivity contribution is 5.94. The van der Waals surface area contributed by atoms with Crippen LogP contribution in [0.2, 0.25) is 0 Å². The Balaban J connectivity index is 2.50. The standard InChI is InChI=1S/C29H46N2O/c1-22(2)11-9-12-25(7)13-10-14-26(8)21-27-15-17-28(18-16-27)29(32)30-19-20-31(23(3)4)24(5)6/h11,13,15-18,21,23-24H,9-10,12,14,19-20H2,1-8H3,(H,30,32). The largest absolute Gasteiger partial charge is 0.351 e. The third-order valence-electron chi connectivity index (χ3n) is 5.69. The molecule has 0 aliphatic heterocycles. The van der Waals surface area contributed by atoms with Gasteiger partial charge in [-0.3, -0.25) is 9.69 Å². The van der Waals surface area contributed by atoms with Crippen LogP contribution in [0.25, 0.3) is 6.08 Å². The minimum absolute atomic E-state index is 0.00145. The summed E-state index contributed by atoms with van der Waals surface area (Å²) in [6.07, 6.45) is 11.3. The van der Waals surface area contributed by atoms with Crippen LogP contribution in [0, 0.1) is 0 Å². The van der Waals surface area contributed by atoms with Crippen molar-refractivity contribution in [2.75, 3.05) is 13.1 Å². The second-order valence-corrected chi connectivity index (χ2v) is 9.70. The zero-order valence-corrected chi connectivity index (χ0v) is 21.8. The average molecular weight is 439 g/mol. The van der Waals surface area contributed by atoms with Gasteiger partial charge in [-0.2, -0.15) is 0 Å². The molecule has 178 valence electrons. The summed E-state index contributed by atoms with van der Waals surface area (Å²) in [4.78, 5) is 14.8. The number of amides is 1. The Morgan fingerprint density at radius 3 is 2.00 bits per heavy atom. The van der Waals surface area contributed by atoms with Gasteiger partial charge in [-0.15, -0.1) is 0 Å². The van der Waals surface area contributed by atoms with E-state index >= 15 is 0 Å². The van der Waals surface area contributed by atoms with Crippen LogP contribution >= 0.6 is 0 Å². The molecular weight excluding hydrogens is 392 g/mol. The van der Waals surface area contributed by atoms with E-state index in [0.29, 0.717) is 18.6 Å². The quantitative estimate of drug-likeness (QED) is 0.325. The fourth-order valence-corrected chi connectivity index (χ4v) is 3.84. The van der Waals surface area contributed by atoms with Crippen molar-refractivity contribution in [2.24, 2.45) is 0 Å². The molecule has 0 heterocycles. The first-order chi connectivity index (χ1) is 15.1. The number of carbonyl (C=O) groups is 1. The lowest BCUT2D eigenvalue weighted by molar-refractivity contribution is 0.0939. The van der Waals surface area contributed by atoms with Crippen molar-refractivity contribution < 1.29 is 4.79 Å². The molecule has 1 amide bonds. The lowest BCUT2D eigenvalue weighted by atomic mass is 10.0. The zero-order valence-electron chi connectivity index (χ0n) is 21.8. The predicted octanol–water partition coefficient (Wildman–Crippen LogP) is 7.41. The number of carbonyl (C=O) groups excluding carboxylic acids is 1. The van der Waals surface area contributed by atoms with Gasteiger partial charge in [0.15, 0.2) is 0 Å². The van der Waals surface area contributed by atoms with Crippen molar-refractivity contribution in [1.29, 1.82) is 0 Å². The van der Waals surface area contributed by atoms with Gasteiger partial charge in [0.2, 0.25) is 0 Å². The first kappa shape index (κ1) is 27.9. The van der Waals surface area contributed by atoms with Gasteiger partial charge in [0.25, 0.3) is 5.91 Å². The van der Waals surface area contributed by atoms with E-state index in [1.54, 1.807) is 0 Å². The van der Waals surface area contributed by atoms with Crippen molar-refractivity contribution in [3.05, 3.63) is 64.3 Å². The molecule has 1 rings (SSSR count). The summed E-state index contributed by atoms with van der Waals surface area (Å²) in [5.41, 5.74) is 6.09. The highest BCUT2D eigenvalue weighted by atomic mass is 16.1. The third kappa shape index (κ3) is 11.5. The van der Waals surface area contributed by atoms with Gasteiger partial charge in [0.05, 0.1) is 0 Å². The molecule has 0 radical (unpaired) electrons. The highest BCUT2D eigenvalue weighted by Gasteiger charge is 2.13. The zero-order chi connectivity index (χ0) is 24.1. The van der Waals surface area contributed by atoms with Crippen LogP contribution in [-0.4, -0.2) is 36.0 Å². The Labute approximate surface area is 197 Å². The van der Waals surface area contributed by atoms with Gasteiger partial charge < -0.3 is 5.32 Å². The normalized spacial score (nSPS) is 12.6. The molecule has 0 aromatic heterocycles. The molecule has 3 heteroatoms. The Bertz CT molecular complexity index is 770. The van der Waals surface area contributed by atoms with E-state index in [1.165, 1.54) is 16.7 Å². The summed E-state index contributed by atoms with van der Waals surface area (Å²) >= 11 is 0. The van der Waals surface area contributed by atoms with Crippen LogP contribution in [0.4, 0.5) is 0 Å². The lowest BCUT2D eigenvalue weighted by Crippen LogP contribution is -2.42. The van der Waals surface area contributed by atoms with E-state index in [2.05, 4.69) is 83.8 Å². The van der Waals surface area contributed by atoms with Gasteiger partial charge in [-0.05, 0) is 98.8 Å². The second-order valence-electron chi connectivity index (χ2n) is 9.70. The summed E-state index contributed by atoms with van der Waals surface area (Å²) in [7, 11) is 0. The van der Waals surface area contributed by atoms with E-state index in [4.69, 9.17) is 0 Å². The minimum atomic E-state index is -0.00145. The Kier molecular flexibility index (Phi) is 12.9. The molecule has 3 nitrogen and oxygen atoms in total. The third-order valence-corrected chi connectivity index (χ3v) is 5.69. The van der Waals surface area contributed by atoms with Crippen LogP contribution in [0.3, 0.4) is 0 Å². The monoisotopic (exact) mass is 438 g/mol. The number of benzene rings is 1. The maximum absolute atomic E-state index is 12.5. The molecule has 0 aliphatic carbocycles. The van der Waals surface area contributed by atoms with E-state index in [0.717, 1.165) is 43.4 Å². The lowest BCUT2D eigenvalue weighted by Gasteiger charge is -2.30. The minimum Gasteiger partial charge on any atom is -0.351 e. The van der Waals surface area contributed by atoms with Crippen LogP contribution in [0.1, 0.15) is 97.0 Å².